The molecule has 1 atom stereocenters. The molecule has 1 unspecified atom stereocenters. The second-order valence-electron chi connectivity index (χ2n) is 7.46. The summed E-state index contributed by atoms with van der Waals surface area (Å²) in [4.78, 5) is 26.3. The van der Waals surface area contributed by atoms with E-state index in [1.807, 2.05) is 50.2 Å². The number of amides is 1. The van der Waals surface area contributed by atoms with Crippen molar-refractivity contribution in [1.29, 1.82) is 0 Å². The molecule has 31 heavy (non-hydrogen) atoms. The van der Waals surface area contributed by atoms with Crippen molar-refractivity contribution in [3.8, 4) is 5.75 Å². The Kier molecular flexibility index (Phi) is 6.08. The lowest BCUT2D eigenvalue weighted by Gasteiger charge is -2.15. The molecule has 7 nitrogen and oxygen atoms in total. The van der Waals surface area contributed by atoms with E-state index in [9.17, 15) is 9.59 Å². The van der Waals surface area contributed by atoms with Gasteiger partial charge in [0.25, 0.3) is 11.1 Å². The Morgan fingerprint density at radius 3 is 2.84 bits per heavy atom. The Balaban J connectivity index is 1.37. The van der Waals surface area contributed by atoms with Crippen LogP contribution in [0.15, 0.2) is 52.1 Å². The molecule has 0 spiro atoms. The van der Waals surface area contributed by atoms with Gasteiger partial charge in [-0.1, -0.05) is 23.9 Å². The smallest absolute Gasteiger partial charge is 0.277 e. The highest BCUT2D eigenvalue weighted by Crippen LogP contribution is 2.31. The molecule has 0 bridgehead atoms. The Morgan fingerprint density at radius 1 is 1.23 bits per heavy atom. The number of thioether (sulfide) groups is 1. The second-order valence-corrected chi connectivity index (χ2v) is 8.75. The number of ether oxygens (including phenoxy) is 1. The first-order valence-corrected chi connectivity index (χ1v) is 10.9. The topological polar surface area (TPSA) is 85.5 Å². The number of ketones is 1. The van der Waals surface area contributed by atoms with Crippen molar-refractivity contribution in [2.45, 2.75) is 44.3 Å². The molecule has 0 aliphatic carbocycles. The lowest BCUT2D eigenvalue weighted by Crippen LogP contribution is -2.25. The summed E-state index contributed by atoms with van der Waals surface area (Å²) in [6.45, 7) is 6.18. The molecule has 2 aromatic carbocycles. The largest absolute Gasteiger partial charge is 0.484 e. The van der Waals surface area contributed by atoms with Gasteiger partial charge in [0, 0.05) is 24.7 Å². The summed E-state index contributed by atoms with van der Waals surface area (Å²) < 4.78 is 11.3. The van der Waals surface area contributed by atoms with E-state index in [1.54, 1.807) is 17.9 Å². The minimum atomic E-state index is -0.394. The number of carbonyl (C=O) groups excluding carboxylic acids is 2. The van der Waals surface area contributed by atoms with E-state index in [-0.39, 0.29) is 18.3 Å². The van der Waals surface area contributed by atoms with Crippen molar-refractivity contribution in [2.24, 2.45) is 0 Å². The SMILES string of the molecule is CC(=O)N1CCc2cc(C(=O)C(C)Sc3nnc(COc4cccc(C)c4)o3)ccc21. The molecule has 0 radical (unpaired) electrons. The number of rotatable bonds is 7. The molecule has 1 aromatic heterocycles. The molecule has 1 aliphatic heterocycles. The number of aromatic nitrogens is 2. The first-order chi connectivity index (χ1) is 14.9. The Morgan fingerprint density at radius 2 is 2.06 bits per heavy atom. The highest BCUT2D eigenvalue weighted by molar-refractivity contribution is 8.00. The van der Waals surface area contributed by atoms with Crippen molar-refractivity contribution in [3.63, 3.8) is 0 Å². The third-order valence-corrected chi connectivity index (χ3v) is 6.02. The molecule has 0 saturated carbocycles. The number of hydrogen-bond donors (Lipinski definition) is 0. The summed E-state index contributed by atoms with van der Waals surface area (Å²) in [5.41, 5.74) is 3.63. The summed E-state index contributed by atoms with van der Waals surface area (Å²) in [7, 11) is 0. The summed E-state index contributed by atoms with van der Waals surface area (Å²) in [6.07, 6.45) is 0.755. The van der Waals surface area contributed by atoms with Crippen LogP contribution >= 0.6 is 11.8 Å². The summed E-state index contributed by atoms with van der Waals surface area (Å²) in [5.74, 6) is 1.08. The maximum atomic E-state index is 12.9. The normalized spacial score (nSPS) is 13.7. The predicted molar refractivity (Wildman–Crippen MR) is 118 cm³/mol. The number of fused-ring (bicyclic) bond motifs is 1. The number of aryl methyl sites for hydroxylation is 1. The summed E-state index contributed by atoms with van der Waals surface area (Å²) >= 11 is 1.22. The lowest BCUT2D eigenvalue weighted by atomic mass is 10.0. The molecule has 0 saturated heterocycles. The zero-order valence-electron chi connectivity index (χ0n) is 17.6. The minimum Gasteiger partial charge on any atom is -0.484 e. The van der Waals surface area contributed by atoms with Crippen LogP contribution in [-0.2, 0) is 17.8 Å². The van der Waals surface area contributed by atoms with Crippen LogP contribution < -0.4 is 9.64 Å². The first-order valence-electron chi connectivity index (χ1n) is 10.0. The zero-order valence-corrected chi connectivity index (χ0v) is 18.4. The molecule has 0 N–H and O–H groups in total. The fourth-order valence-electron chi connectivity index (χ4n) is 3.52. The predicted octanol–water partition coefficient (Wildman–Crippen LogP) is 4.23. The number of carbonyl (C=O) groups is 2. The van der Waals surface area contributed by atoms with Gasteiger partial charge in [0.05, 0.1) is 5.25 Å². The van der Waals surface area contributed by atoms with Crippen LogP contribution in [0, 0.1) is 6.92 Å². The second kappa shape index (κ2) is 8.93. The van der Waals surface area contributed by atoms with E-state index in [1.165, 1.54) is 11.8 Å². The standard InChI is InChI=1S/C23H23N3O4S/c1-14-5-4-6-19(11-14)29-13-21-24-25-23(30-21)31-15(2)22(28)18-7-8-20-17(12-18)9-10-26(20)16(3)27/h4-8,11-12,15H,9-10,13H2,1-3H3. The van der Waals surface area contributed by atoms with Crippen LogP contribution in [0.25, 0.3) is 0 Å². The third kappa shape index (κ3) is 4.80. The monoisotopic (exact) mass is 437 g/mol. The number of anilines is 1. The van der Waals surface area contributed by atoms with Gasteiger partial charge in [0.1, 0.15) is 5.75 Å². The molecular formula is C23H23N3O4S. The van der Waals surface area contributed by atoms with E-state index < -0.39 is 5.25 Å². The van der Waals surface area contributed by atoms with Crippen LogP contribution in [-0.4, -0.2) is 33.7 Å². The Labute approximate surface area is 184 Å². The lowest BCUT2D eigenvalue weighted by molar-refractivity contribution is -0.116. The first kappa shape index (κ1) is 21.1. The van der Waals surface area contributed by atoms with Gasteiger partial charge in [-0.2, -0.15) is 0 Å². The number of nitrogens with zero attached hydrogens (tertiary/aromatic N) is 3. The van der Waals surface area contributed by atoms with Gasteiger partial charge in [-0.25, -0.2) is 0 Å². The molecule has 4 rings (SSSR count). The van der Waals surface area contributed by atoms with Gasteiger partial charge in [0.2, 0.25) is 5.91 Å². The van der Waals surface area contributed by atoms with Gasteiger partial charge in [0.15, 0.2) is 12.4 Å². The maximum absolute atomic E-state index is 12.9. The molecular weight excluding hydrogens is 414 g/mol. The van der Waals surface area contributed by atoms with Gasteiger partial charge in [-0.15, -0.1) is 10.2 Å². The van der Waals surface area contributed by atoms with Gasteiger partial charge in [-0.05, 0) is 61.7 Å². The van der Waals surface area contributed by atoms with E-state index in [0.717, 1.165) is 29.0 Å². The van der Waals surface area contributed by atoms with Crippen LogP contribution in [0.1, 0.15) is 41.2 Å². The highest BCUT2D eigenvalue weighted by atomic mass is 32.2. The maximum Gasteiger partial charge on any atom is 0.277 e. The molecule has 1 aliphatic rings. The van der Waals surface area contributed by atoms with Gasteiger partial charge < -0.3 is 14.1 Å². The molecule has 1 amide bonds. The van der Waals surface area contributed by atoms with Crippen molar-refractivity contribution in [1.82, 2.24) is 10.2 Å². The van der Waals surface area contributed by atoms with Crippen LogP contribution in [0.2, 0.25) is 0 Å². The van der Waals surface area contributed by atoms with Gasteiger partial charge in [-0.3, -0.25) is 9.59 Å². The Bertz CT molecular complexity index is 1130. The highest BCUT2D eigenvalue weighted by Gasteiger charge is 2.25. The average molecular weight is 438 g/mol. The van der Waals surface area contributed by atoms with Crippen LogP contribution in [0.4, 0.5) is 5.69 Å². The number of Topliss-reactive ketones (excluding diaryl/α,β-unsaturated/α-hetero) is 1. The van der Waals surface area contributed by atoms with Crippen molar-refractivity contribution in [2.75, 3.05) is 11.4 Å². The average Bonchev–Trinajstić information content (AvgIpc) is 3.38. The fourth-order valence-corrected chi connectivity index (χ4v) is 4.29. The molecule has 0 fully saturated rings. The van der Waals surface area contributed by atoms with Crippen molar-refractivity contribution in [3.05, 3.63) is 65.0 Å². The molecule has 2 heterocycles. The van der Waals surface area contributed by atoms with Crippen LogP contribution in [0.3, 0.4) is 0 Å². The Hall–Kier alpha value is -3.13. The van der Waals surface area contributed by atoms with E-state index in [2.05, 4.69) is 10.2 Å². The number of benzene rings is 2. The van der Waals surface area contributed by atoms with Crippen molar-refractivity contribution >= 4 is 29.1 Å². The zero-order chi connectivity index (χ0) is 22.0. The summed E-state index contributed by atoms with van der Waals surface area (Å²) in [5, 5.41) is 7.95. The van der Waals surface area contributed by atoms with E-state index in [4.69, 9.17) is 9.15 Å². The fraction of sp³-hybridized carbons (Fsp3) is 0.304. The third-order valence-electron chi connectivity index (χ3n) is 5.09. The molecule has 3 aromatic rings. The number of hydrogen-bond acceptors (Lipinski definition) is 7. The quantitative estimate of drug-likeness (QED) is 0.404. The van der Waals surface area contributed by atoms with Crippen molar-refractivity contribution < 1.29 is 18.7 Å². The van der Waals surface area contributed by atoms with Gasteiger partial charge >= 0.3 is 0 Å². The van der Waals surface area contributed by atoms with E-state index in [0.29, 0.717) is 23.2 Å². The van der Waals surface area contributed by atoms with E-state index >= 15 is 0 Å². The summed E-state index contributed by atoms with van der Waals surface area (Å²) in [6, 6.07) is 13.2. The molecule has 160 valence electrons. The molecule has 8 heteroatoms. The minimum absolute atomic E-state index is 0.0142. The van der Waals surface area contributed by atoms with Crippen LogP contribution in [0.5, 0.6) is 5.75 Å².